The van der Waals surface area contributed by atoms with Gasteiger partial charge in [-0.15, -0.1) is 0 Å². The highest BCUT2D eigenvalue weighted by Gasteiger charge is 2.34. The molecule has 0 aromatic heterocycles. The Hall–Kier alpha value is 0.300. The Kier molecular flexibility index (Phi) is 8.56. The summed E-state index contributed by atoms with van der Waals surface area (Å²) in [5, 5.41) is 2.59. The van der Waals surface area contributed by atoms with Crippen molar-refractivity contribution in [1.82, 2.24) is 5.32 Å². The topological polar surface area (TPSA) is 38.3 Å². The molecule has 0 rings (SSSR count). The van der Waals surface area contributed by atoms with Crippen molar-refractivity contribution < 1.29 is 9.53 Å². The van der Waals surface area contributed by atoms with E-state index in [2.05, 4.69) is 5.32 Å². The third kappa shape index (κ3) is 8.95. The molecule has 3 nitrogen and oxygen atoms in total. The molecule has 0 saturated heterocycles. The van der Waals surface area contributed by atoms with E-state index in [0.29, 0.717) is 13.0 Å². The van der Waals surface area contributed by atoms with Gasteiger partial charge >= 0.3 is 0 Å². The Labute approximate surface area is 118 Å². The molecule has 0 aliphatic heterocycles. The monoisotopic (exact) mass is 303 g/mol. The molecule has 0 bridgehead atoms. The van der Waals surface area contributed by atoms with Gasteiger partial charge in [-0.3, -0.25) is 4.79 Å². The van der Waals surface area contributed by atoms with Gasteiger partial charge in [-0.1, -0.05) is 62.0 Å². The van der Waals surface area contributed by atoms with Gasteiger partial charge in [-0.25, -0.2) is 0 Å². The first kappa shape index (κ1) is 17.3. The molecule has 17 heavy (non-hydrogen) atoms. The quantitative estimate of drug-likeness (QED) is 0.443. The molecule has 0 radical (unpaired) electrons. The van der Waals surface area contributed by atoms with Gasteiger partial charge < -0.3 is 10.1 Å². The minimum Gasteiger partial charge on any atom is -0.354 e. The predicted molar refractivity (Wildman–Crippen MR) is 72.5 cm³/mol. The van der Waals surface area contributed by atoms with E-state index in [0.717, 1.165) is 12.8 Å². The average molecular weight is 305 g/mol. The van der Waals surface area contributed by atoms with Gasteiger partial charge in [0.25, 0.3) is 0 Å². The molecule has 1 atom stereocenters. The number of rotatable bonds is 7. The molecule has 1 unspecified atom stereocenters. The Balaban J connectivity index is 4.24. The van der Waals surface area contributed by atoms with Crippen molar-refractivity contribution in [3.63, 3.8) is 0 Å². The van der Waals surface area contributed by atoms with Crippen LogP contribution in [0.5, 0.6) is 0 Å². The molecule has 0 saturated carbocycles. The minimum atomic E-state index is -1.65. The Morgan fingerprint density at radius 1 is 1.35 bits per heavy atom. The van der Waals surface area contributed by atoms with Crippen molar-refractivity contribution in [3.8, 4) is 0 Å². The summed E-state index contributed by atoms with van der Waals surface area (Å²) in [6, 6.07) is 0. The Bertz CT molecular complexity index is 229. The van der Waals surface area contributed by atoms with Crippen LogP contribution in [0.4, 0.5) is 0 Å². The minimum absolute atomic E-state index is 0.173. The summed E-state index contributed by atoms with van der Waals surface area (Å²) < 4.78 is 3.72. The fraction of sp³-hybridized carbons (Fsp3) is 0.909. The van der Waals surface area contributed by atoms with Crippen LogP contribution in [0, 0.1) is 5.92 Å². The van der Waals surface area contributed by atoms with E-state index >= 15 is 0 Å². The lowest BCUT2D eigenvalue weighted by Gasteiger charge is -2.26. The molecular weight excluding hydrogens is 284 g/mol. The van der Waals surface area contributed by atoms with Crippen LogP contribution in [0.25, 0.3) is 0 Å². The van der Waals surface area contributed by atoms with Crippen molar-refractivity contribution in [2.45, 2.75) is 50.1 Å². The lowest BCUT2D eigenvalue weighted by atomic mass is 10.1. The highest BCUT2D eigenvalue weighted by Crippen LogP contribution is 2.31. The van der Waals surface area contributed by atoms with Gasteiger partial charge in [0.05, 0.1) is 0 Å². The number of halogens is 3. The Morgan fingerprint density at radius 3 is 2.35 bits per heavy atom. The van der Waals surface area contributed by atoms with Gasteiger partial charge in [-0.2, -0.15) is 0 Å². The Morgan fingerprint density at radius 2 is 1.94 bits per heavy atom. The standard InChI is InChI=1S/C11H20Cl3NO2/c1-4-5-6-17-10(11(12,13)14)15-9(16)7-8(2)3/h8,10H,4-7H2,1-3H3,(H,15,16). The van der Waals surface area contributed by atoms with Crippen LogP contribution in [-0.2, 0) is 9.53 Å². The summed E-state index contributed by atoms with van der Waals surface area (Å²) in [5.41, 5.74) is 0. The zero-order valence-corrected chi connectivity index (χ0v) is 12.7. The number of hydrogen-bond acceptors (Lipinski definition) is 2. The lowest BCUT2D eigenvalue weighted by molar-refractivity contribution is -0.126. The summed E-state index contributed by atoms with van der Waals surface area (Å²) >= 11 is 17.2. The van der Waals surface area contributed by atoms with E-state index < -0.39 is 10.0 Å². The maximum Gasteiger partial charge on any atom is 0.234 e. The normalized spacial score (nSPS) is 13.8. The van der Waals surface area contributed by atoms with Gasteiger partial charge in [0, 0.05) is 13.0 Å². The van der Waals surface area contributed by atoms with Gasteiger partial charge in [0.2, 0.25) is 9.70 Å². The first-order chi connectivity index (χ1) is 7.77. The number of carbonyl (C=O) groups excluding carboxylic acids is 1. The fourth-order valence-electron chi connectivity index (χ4n) is 1.14. The number of amides is 1. The lowest BCUT2D eigenvalue weighted by Crippen LogP contribution is -2.46. The van der Waals surface area contributed by atoms with Crippen molar-refractivity contribution in [2.75, 3.05) is 6.61 Å². The third-order valence-electron chi connectivity index (χ3n) is 1.97. The van der Waals surface area contributed by atoms with Crippen LogP contribution in [0.3, 0.4) is 0 Å². The maximum absolute atomic E-state index is 11.6. The van der Waals surface area contributed by atoms with E-state index in [1.54, 1.807) is 0 Å². The summed E-state index contributed by atoms with van der Waals surface area (Å²) in [7, 11) is 0. The van der Waals surface area contributed by atoms with Crippen LogP contribution in [0.2, 0.25) is 0 Å². The number of nitrogens with one attached hydrogen (secondary N) is 1. The summed E-state index contributed by atoms with van der Waals surface area (Å²) in [5.74, 6) is 0.0782. The first-order valence-electron chi connectivity index (χ1n) is 5.75. The smallest absolute Gasteiger partial charge is 0.234 e. The zero-order valence-electron chi connectivity index (χ0n) is 10.4. The highest BCUT2D eigenvalue weighted by molar-refractivity contribution is 6.68. The van der Waals surface area contributed by atoms with Crippen molar-refractivity contribution in [2.24, 2.45) is 5.92 Å². The van der Waals surface area contributed by atoms with E-state index in [9.17, 15) is 4.79 Å². The van der Waals surface area contributed by atoms with Gasteiger partial charge in [-0.05, 0) is 12.3 Å². The van der Waals surface area contributed by atoms with Gasteiger partial charge in [0.1, 0.15) is 0 Å². The number of alkyl halides is 3. The predicted octanol–water partition coefficient (Wildman–Crippen LogP) is 3.66. The largest absolute Gasteiger partial charge is 0.354 e. The second kappa shape index (κ2) is 8.41. The third-order valence-corrected chi connectivity index (χ3v) is 2.56. The van der Waals surface area contributed by atoms with Crippen molar-refractivity contribution in [1.29, 1.82) is 0 Å². The van der Waals surface area contributed by atoms with E-state index in [1.165, 1.54) is 0 Å². The van der Waals surface area contributed by atoms with E-state index in [1.807, 2.05) is 20.8 Å². The van der Waals surface area contributed by atoms with Crippen LogP contribution >= 0.6 is 34.8 Å². The fourth-order valence-corrected chi connectivity index (χ4v) is 1.49. The molecule has 1 amide bonds. The van der Waals surface area contributed by atoms with Crippen LogP contribution in [0.15, 0.2) is 0 Å². The number of hydrogen-bond donors (Lipinski definition) is 1. The average Bonchev–Trinajstić information content (AvgIpc) is 2.13. The van der Waals surface area contributed by atoms with Crippen LogP contribution < -0.4 is 5.32 Å². The highest BCUT2D eigenvalue weighted by atomic mass is 35.6. The molecule has 1 N–H and O–H groups in total. The van der Waals surface area contributed by atoms with E-state index in [-0.39, 0.29) is 11.8 Å². The second-order valence-electron chi connectivity index (χ2n) is 4.31. The number of ether oxygens (including phenoxy) is 1. The molecule has 0 aromatic rings. The molecule has 102 valence electrons. The maximum atomic E-state index is 11.6. The molecule has 0 fully saturated rings. The molecule has 0 spiro atoms. The summed E-state index contributed by atoms with van der Waals surface area (Å²) in [6.45, 7) is 6.38. The van der Waals surface area contributed by atoms with E-state index in [4.69, 9.17) is 39.5 Å². The molecule has 0 aromatic carbocycles. The summed E-state index contributed by atoms with van der Waals surface area (Å²) in [6.07, 6.45) is 1.32. The van der Waals surface area contributed by atoms with Crippen LogP contribution in [0.1, 0.15) is 40.0 Å². The summed E-state index contributed by atoms with van der Waals surface area (Å²) in [4.78, 5) is 11.6. The van der Waals surface area contributed by atoms with Crippen molar-refractivity contribution >= 4 is 40.7 Å². The SMILES string of the molecule is CCCCOC(NC(=O)CC(C)C)C(Cl)(Cl)Cl. The molecule has 0 heterocycles. The van der Waals surface area contributed by atoms with Crippen molar-refractivity contribution in [3.05, 3.63) is 0 Å². The molecular formula is C11H20Cl3NO2. The zero-order chi connectivity index (χ0) is 13.5. The molecule has 0 aliphatic carbocycles. The van der Waals surface area contributed by atoms with Gasteiger partial charge in [0.15, 0.2) is 6.23 Å². The molecule has 6 heteroatoms. The van der Waals surface area contributed by atoms with Crippen LogP contribution in [-0.4, -0.2) is 22.5 Å². The first-order valence-corrected chi connectivity index (χ1v) is 6.88. The number of unbranched alkanes of at least 4 members (excludes halogenated alkanes) is 1. The number of carbonyl (C=O) groups is 1. The second-order valence-corrected chi connectivity index (χ2v) is 6.68. The molecule has 0 aliphatic rings.